The van der Waals surface area contributed by atoms with E-state index in [1.807, 2.05) is 0 Å². The van der Waals surface area contributed by atoms with Gasteiger partial charge in [-0.1, -0.05) is 92.1 Å². The van der Waals surface area contributed by atoms with Gasteiger partial charge in [0.2, 0.25) is 0 Å². The quantitative estimate of drug-likeness (QED) is 0.395. The number of fused-ring (bicyclic) bond motifs is 1. The van der Waals surface area contributed by atoms with Gasteiger partial charge in [-0.2, -0.15) is 0 Å². The molecule has 0 amide bonds. The van der Waals surface area contributed by atoms with E-state index in [0.29, 0.717) is 0 Å². The van der Waals surface area contributed by atoms with E-state index in [1.54, 1.807) is 0 Å². The van der Waals surface area contributed by atoms with Crippen molar-refractivity contribution in [3.05, 3.63) is 101 Å². The van der Waals surface area contributed by atoms with E-state index < -0.39 is 0 Å². The van der Waals surface area contributed by atoms with Gasteiger partial charge in [0.15, 0.2) is 0 Å². The fourth-order valence-corrected chi connectivity index (χ4v) is 4.65. The first-order chi connectivity index (χ1) is 13.4. The molecule has 0 aliphatic heterocycles. The molecule has 1 saturated carbocycles. The molecule has 3 aromatic carbocycles. The molecule has 0 heterocycles. The molecule has 28 heavy (non-hydrogen) atoms. The molecule has 0 aromatic heterocycles. The maximum Gasteiger partial charge on any atom is 0.0211 e. The van der Waals surface area contributed by atoms with Crippen LogP contribution in [0.4, 0.5) is 0 Å². The van der Waals surface area contributed by atoms with E-state index in [9.17, 15) is 0 Å². The van der Waals surface area contributed by atoms with Crippen LogP contribution < -0.4 is 0 Å². The molecule has 0 atom stereocenters. The smallest absolute Gasteiger partial charge is 0.0211 e. The first kappa shape index (κ1) is 19.6. The minimum Gasteiger partial charge on any atom is -0.0622 e. The molecule has 137 valence electrons. The van der Waals surface area contributed by atoms with Crippen molar-refractivity contribution in [1.82, 2.24) is 0 Å². The van der Waals surface area contributed by atoms with Crippen LogP contribution >= 0.6 is 0 Å². The molecule has 0 saturated heterocycles. The Hall–Kier alpha value is -1.72. The zero-order chi connectivity index (χ0) is 18.1. The van der Waals surface area contributed by atoms with Crippen LogP contribution in [-0.4, -0.2) is 0 Å². The van der Waals surface area contributed by atoms with Gasteiger partial charge in [-0.3, -0.25) is 0 Å². The van der Waals surface area contributed by atoms with E-state index in [0.717, 1.165) is 5.92 Å². The Balaban J connectivity index is 0.00000192. The minimum absolute atomic E-state index is 0. The monoisotopic (exact) mass is 439 g/mol. The fourth-order valence-electron chi connectivity index (χ4n) is 4.65. The fraction of sp³-hybridized carbons (Fsp3) is 0.222. The molecule has 0 bridgehead atoms. The molecule has 0 spiro atoms. The number of hydrogen-bond donors (Lipinski definition) is 0. The summed E-state index contributed by atoms with van der Waals surface area (Å²) in [5.74, 6) is 0.771. The SMILES string of the molecule is [CH]1C(c2ccccc2)=Cc2c1cccc2-c1ccc(C2CCCCC2)cc1.[Zr]. The Morgan fingerprint density at radius 2 is 1.39 bits per heavy atom. The summed E-state index contributed by atoms with van der Waals surface area (Å²) in [6.45, 7) is 0. The van der Waals surface area contributed by atoms with E-state index in [2.05, 4.69) is 85.3 Å². The third-order valence-electron chi connectivity index (χ3n) is 6.16. The normalized spacial score (nSPS) is 16.2. The van der Waals surface area contributed by atoms with Crippen LogP contribution in [0.5, 0.6) is 0 Å². The summed E-state index contributed by atoms with van der Waals surface area (Å²) in [6, 6.07) is 26.7. The summed E-state index contributed by atoms with van der Waals surface area (Å²) in [6.07, 6.45) is 11.6. The van der Waals surface area contributed by atoms with Gasteiger partial charge in [-0.15, -0.1) is 0 Å². The van der Waals surface area contributed by atoms with Crippen molar-refractivity contribution < 1.29 is 26.2 Å². The first-order valence-corrected chi connectivity index (χ1v) is 10.2. The molecule has 3 aromatic rings. The Bertz CT molecular complexity index is 961. The Morgan fingerprint density at radius 1 is 0.643 bits per heavy atom. The van der Waals surface area contributed by atoms with E-state index in [1.165, 1.54) is 71.1 Å². The summed E-state index contributed by atoms with van der Waals surface area (Å²) < 4.78 is 0. The largest absolute Gasteiger partial charge is 0.0622 e. The van der Waals surface area contributed by atoms with Crippen molar-refractivity contribution in [3.63, 3.8) is 0 Å². The molecular weight excluding hydrogens is 416 g/mol. The number of allylic oxidation sites excluding steroid dienone is 1. The molecule has 1 radical (unpaired) electrons. The molecule has 0 unspecified atom stereocenters. The second-order valence-corrected chi connectivity index (χ2v) is 7.88. The standard InChI is InChI=1S/C27H25.Zr/c1-3-8-20(9-4-1)22-14-16-23(17-15-22)26-13-7-12-24-18-25(19-27(24)26)21-10-5-2-6-11-21;/h2,5-7,10-20H,1,3-4,8-9H2;. The van der Waals surface area contributed by atoms with Gasteiger partial charge >= 0.3 is 0 Å². The average molecular weight is 441 g/mol. The van der Waals surface area contributed by atoms with Crippen molar-refractivity contribution in [2.75, 3.05) is 0 Å². The van der Waals surface area contributed by atoms with E-state index in [-0.39, 0.29) is 26.2 Å². The third-order valence-corrected chi connectivity index (χ3v) is 6.16. The Labute approximate surface area is 187 Å². The van der Waals surface area contributed by atoms with Crippen LogP contribution in [0.2, 0.25) is 0 Å². The maximum absolute atomic E-state index is 2.37. The van der Waals surface area contributed by atoms with E-state index >= 15 is 0 Å². The average Bonchev–Trinajstić information content (AvgIpc) is 3.20. The van der Waals surface area contributed by atoms with Gasteiger partial charge in [0.05, 0.1) is 0 Å². The van der Waals surface area contributed by atoms with Crippen LogP contribution in [0.1, 0.15) is 60.3 Å². The molecule has 2 aliphatic carbocycles. The van der Waals surface area contributed by atoms with Gasteiger partial charge in [0.1, 0.15) is 0 Å². The van der Waals surface area contributed by atoms with Crippen molar-refractivity contribution in [1.29, 1.82) is 0 Å². The molecule has 0 N–H and O–H groups in total. The van der Waals surface area contributed by atoms with Crippen LogP contribution in [0.25, 0.3) is 22.8 Å². The third kappa shape index (κ3) is 3.88. The Kier molecular flexibility index (Phi) is 6.12. The van der Waals surface area contributed by atoms with Crippen molar-refractivity contribution in [3.8, 4) is 11.1 Å². The van der Waals surface area contributed by atoms with Gasteiger partial charge in [0, 0.05) is 32.6 Å². The summed E-state index contributed by atoms with van der Waals surface area (Å²) in [5.41, 5.74) is 9.45. The van der Waals surface area contributed by atoms with Crippen LogP contribution in [0.3, 0.4) is 0 Å². The first-order valence-electron chi connectivity index (χ1n) is 10.2. The Morgan fingerprint density at radius 3 is 2.14 bits per heavy atom. The molecular formula is C27H25Zr. The zero-order valence-electron chi connectivity index (χ0n) is 16.2. The van der Waals surface area contributed by atoms with Crippen LogP contribution in [0.15, 0.2) is 72.8 Å². The molecule has 1 fully saturated rings. The van der Waals surface area contributed by atoms with E-state index in [4.69, 9.17) is 0 Å². The summed E-state index contributed by atoms with van der Waals surface area (Å²) in [4.78, 5) is 0. The maximum atomic E-state index is 2.37. The van der Waals surface area contributed by atoms with Gasteiger partial charge in [0.25, 0.3) is 0 Å². The molecule has 0 nitrogen and oxygen atoms in total. The van der Waals surface area contributed by atoms with Crippen LogP contribution in [0, 0.1) is 6.42 Å². The van der Waals surface area contributed by atoms with Crippen molar-refractivity contribution in [2.24, 2.45) is 0 Å². The summed E-state index contributed by atoms with van der Waals surface area (Å²) in [5, 5.41) is 0. The number of hydrogen-bond acceptors (Lipinski definition) is 0. The zero-order valence-corrected chi connectivity index (χ0v) is 18.7. The van der Waals surface area contributed by atoms with Gasteiger partial charge in [-0.05, 0) is 63.8 Å². The molecule has 2 aliphatic rings. The summed E-state index contributed by atoms with van der Waals surface area (Å²) in [7, 11) is 0. The molecule has 1 heteroatoms. The summed E-state index contributed by atoms with van der Waals surface area (Å²) >= 11 is 0. The van der Waals surface area contributed by atoms with Crippen molar-refractivity contribution >= 4 is 11.6 Å². The minimum atomic E-state index is 0. The van der Waals surface area contributed by atoms with Gasteiger partial charge < -0.3 is 0 Å². The molecule has 5 rings (SSSR count). The van der Waals surface area contributed by atoms with Crippen molar-refractivity contribution in [2.45, 2.75) is 38.0 Å². The topological polar surface area (TPSA) is 0 Å². The van der Waals surface area contributed by atoms with Gasteiger partial charge in [-0.25, -0.2) is 0 Å². The second kappa shape index (κ2) is 8.75. The van der Waals surface area contributed by atoms with Crippen LogP contribution in [-0.2, 0) is 26.2 Å². The predicted octanol–water partition coefficient (Wildman–Crippen LogP) is 7.51. The number of benzene rings is 3. The predicted molar refractivity (Wildman–Crippen MR) is 115 cm³/mol. The second-order valence-electron chi connectivity index (χ2n) is 7.88. The number of rotatable bonds is 3.